The summed E-state index contributed by atoms with van der Waals surface area (Å²) >= 11 is 11.8. The van der Waals surface area contributed by atoms with E-state index in [9.17, 15) is 17.6 Å². The molecule has 2 aromatic carbocycles. The molecule has 4 rings (SSSR count). The molecule has 1 fully saturated rings. The summed E-state index contributed by atoms with van der Waals surface area (Å²) in [5.41, 5.74) is 0.890. The first kappa shape index (κ1) is 21.4. The number of ether oxygens (including phenoxy) is 1. The highest BCUT2D eigenvalue weighted by Crippen LogP contribution is 2.31. The molecule has 1 atom stereocenters. The smallest absolute Gasteiger partial charge is 0.243 e. The van der Waals surface area contributed by atoms with E-state index >= 15 is 0 Å². The van der Waals surface area contributed by atoms with Gasteiger partial charge in [0, 0.05) is 31.2 Å². The molecule has 1 saturated heterocycles. The Morgan fingerprint density at radius 3 is 2.50 bits per heavy atom. The van der Waals surface area contributed by atoms with Gasteiger partial charge < -0.3 is 9.64 Å². The molecule has 0 aliphatic carbocycles. The van der Waals surface area contributed by atoms with Crippen molar-refractivity contribution in [1.82, 2.24) is 9.21 Å². The summed E-state index contributed by atoms with van der Waals surface area (Å²) in [6.45, 7) is 1.12. The fraction of sp³-hybridized carbons (Fsp3) is 0.350. The third kappa shape index (κ3) is 4.14. The molecule has 0 spiro atoms. The number of nitrogens with zero attached hydrogens (tertiary/aromatic N) is 2. The van der Waals surface area contributed by atoms with E-state index in [4.69, 9.17) is 27.9 Å². The zero-order valence-electron chi connectivity index (χ0n) is 15.9. The van der Waals surface area contributed by atoms with E-state index in [0.717, 1.165) is 23.4 Å². The number of amides is 1. The average Bonchev–Trinajstić information content (AvgIpc) is 2.74. The van der Waals surface area contributed by atoms with Gasteiger partial charge in [0.15, 0.2) is 0 Å². The SMILES string of the molecule is O=C(C1COc2ccc(Cl)cc2C1)N1CCN(S(=O)(=O)c2ccc(F)c(Cl)c2)CC1. The summed E-state index contributed by atoms with van der Waals surface area (Å²) in [6, 6.07) is 8.67. The molecule has 0 bridgehead atoms. The minimum absolute atomic E-state index is 0.0668. The summed E-state index contributed by atoms with van der Waals surface area (Å²) in [5, 5.41) is 0.340. The van der Waals surface area contributed by atoms with Gasteiger partial charge in [0.1, 0.15) is 18.2 Å². The lowest BCUT2D eigenvalue weighted by molar-refractivity contribution is -0.138. The Hall–Kier alpha value is -1.87. The van der Waals surface area contributed by atoms with E-state index < -0.39 is 15.8 Å². The summed E-state index contributed by atoms with van der Waals surface area (Å²) in [5.74, 6) is -0.349. The quantitative estimate of drug-likeness (QED) is 0.687. The van der Waals surface area contributed by atoms with Crippen LogP contribution in [0.1, 0.15) is 5.56 Å². The van der Waals surface area contributed by atoms with Crippen molar-refractivity contribution in [3.05, 3.63) is 57.8 Å². The highest BCUT2D eigenvalue weighted by Gasteiger charge is 2.34. The van der Waals surface area contributed by atoms with Crippen LogP contribution in [0.15, 0.2) is 41.3 Å². The lowest BCUT2D eigenvalue weighted by atomic mass is 9.95. The molecular formula is C20H19Cl2FN2O4S. The summed E-state index contributed by atoms with van der Waals surface area (Å²) < 4.78 is 46.0. The number of piperazine rings is 1. The van der Waals surface area contributed by atoms with E-state index in [1.54, 1.807) is 23.1 Å². The fourth-order valence-corrected chi connectivity index (χ4v) is 5.60. The summed E-state index contributed by atoms with van der Waals surface area (Å²) in [6.07, 6.45) is 0.529. The van der Waals surface area contributed by atoms with E-state index in [1.807, 2.05) is 0 Å². The topological polar surface area (TPSA) is 66.9 Å². The van der Waals surface area contributed by atoms with Gasteiger partial charge in [-0.3, -0.25) is 4.79 Å². The highest BCUT2D eigenvalue weighted by molar-refractivity contribution is 7.89. The number of fused-ring (bicyclic) bond motifs is 1. The first-order valence-corrected chi connectivity index (χ1v) is 11.6. The Bertz CT molecular complexity index is 1090. The molecule has 0 saturated carbocycles. The third-order valence-electron chi connectivity index (χ3n) is 5.36. The number of carbonyl (C=O) groups excluding carboxylic acids is 1. The molecule has 6 nitrogen and oxygen atoms in total. The maximum atomic E-state index is 13.4. The summed E-state index contributed by atoms with van der Waals surface area (Å²) in [4.78, 5) is 14.5. The van der Waals surface area contributed by atoms with Gasteiger partial charge in [0.05, 0.1) is 15.8 Å². The van der Waals surface area contributed by atoms with E-state index in [0.29, 0.717) is 11.4 Å². The first-order valence-electron chi connectivity index (χ1n) is 9.41. The van der Waals surface area contributed by atoms with Crippen molar-refractivity contribution in [1.29, 1.82) is 0 Å². The molecule has 2 aliphatic heterocycles. The van der Waals surface area contributed by atoms with Crippen molar-refractivity contribution >= 4 is 39.1 Å². The van der Waals surface area contributed by atoms with Crippen LogP contribution in [0.4, 0.5) is 4.39 Å². The highest BCUT2D eigenvalue weighted by atomic mass is 35.5. The average molecular weight is 473 g/mol. The van der Waals surface area contributed by atoms with Crippen LogP contribution < -0.4 is 4.74 Å². The van der Waals surface area contributed by atoms with Crippen molar-refractivity contribution in [2.75, 3.05) is 32.8 Å². The molecule has 2 aliphatic rings. The maximum absolute atomic E-state index is 13.4. The molecule has 1 unspecified atom stereocenters. The van der Waals surface area contributed by atoms with Crippen LogP contribution in [-0.4, -0.2) is 56.3 Å². The Morgan fingerprint density at radius 1 is 1.07 bits per heavy atom. The molecule has 0 N–H and O–H groups in total. The first-order chi connectivity index (χ1) is 14.3. The van der Waals surface area contributed by atoms with Crippen LogP contribution >= 0.6 is 23.2 Å². The van der Waals surface area contributed by atoms with Gasteiger partial charge in [-0.05, 0) is 48.4 Å². The molecule has 0 radical (unpaired) electrons. The molecule has 0 aromatic heterocycles. The van der Waals surface area contributed by atoms with Crippen LogP contribution in [0, 0.1) is 11.7 Å². The minimum Gasteiger partial charge on any atom is -0.492 e. The number of hydrogen-bond acceptors (Lipinski definition) is 4. The van der Waals surface area contributed by atoms with E-state index in [2.05, 4.69) is 0 Å². The second-order valence-corrected chi connectivity index (χ2v) is 10.1. The lowest BCUT2D eigenvalue weighted by Gasteiger charge is -2.36. The maximum Gasteiger partial charge on any atom is 0.243 e. The standard InChI is InChI=1S/C20H19Cl2FN2O4S/c21-15-1-4-19-13(10-15)9-14(12-29-19)20(26)24-5-7-25(8-6-24)30(27,28)16-2-3-18(23)17(22)11-16/h1-4,10-11,14H,5-9,12H2. The van der Waals surface area contributed by atoms with E-state index in [-0.39, 0.29) is 54.5 Å². The van der Waals surface area contributed by atoms with Crippen molar-refractivity contribution < 1.29 is 22.3 Å². The van der Waals surface area contributed by atoms with Gasteiger partial charge in [-0.1, -0.05) is 23.2 Å². The number of sulfonamides is 1. The molecule has 2 aromatic rings. The molecular weight excluding hydrogens is 454 g/mol. The second kappa shape index (κ2) is 8.34. The summed E-state index contributed by atoms with van der Waals surface area (Å²) in [7, 11) is -3.82. The van der Waals surface area contributed by atoms with Crippen molar-refractivity contribution in [2.24, 2.45) is 5.92 Å². The normalized spacial score (nSPS) is 19.8. The predicted octanol–water partition coefficient (Wildman–Crippen LogP) is 3.22. The molecule has 1 amide bonds. The van der Waals surface area contributed by atoms with Gasteiger partial charge in [0.2, 0.25) is 15.9 Å². The lowest BCUT2D eigenvalue weighted by Crippen LogP contribution is -2.52. The van der Waals surface area contributed by atoms with Gasteiger partial charge in [-0.2, -0.15) is 4.31 Å². The van der Waals surface area contributed by atoms with Crippen LogP contribution in [0.25, 0.3) is 0 Å². The Morgan fingerprint density at radius 2 is 1.80 bits per heavy atom. The Kier molecular flexibility index (Phi) is 5.94. The third-order valence-corrected chi connectivity index (χ3v) is 7.78. The zero-order chi connectivity index (χ0) is 21.5. The van der Waals surface area contributed by atoms with Crippen LogP contribution in [0.5, 0.6) is 5.75 Å². The van der Waals surface area contributed by atoms with Gasteiger partial charge in [-0.25, -0.2) is 12.8 Å². The van der Waals surface area contributed by atoms with Crippen molar-refractivity contribution in [3.63, 3.8) is 0 Å². The Balaban J connectivity index is 1.40. The van der Waals surface area contributed by atoms with Gasteiger partial charge in [0.25, 0.3) is 0 Å². The molecule has 10 heteroatoms. The van der Waals surface area contributed by atoms with Crippen molar-refractivity contribution in [2.45, 2.75) is 11.3 Å². The van der Waals surface area contributed by atoms with Gasteiger partial charge in [-0.15, -0.1) is 0 Å². The number of carbonyl (C=O) groups is 1. The minimum atomic E-state index is -3.82. The zero-order valence-corrected chi connectivity index (χ0v) is 18.2. The number of hydrogen-bond donors (Lipinski definition) is 0. The molecule has 160 valence electrons. The van der Waals surface area contributed by atoms with Crippen LogP contribution in [0.3, 0.4) is 0 Å². The second-order valence-electron chi connectivity index (χ2n) is 7.27. The number of rotatable bonds is 3. The monoisotopic (exact) mass is 472 g/mol. The Labute approximate surface area is 184 Å². The van der Waals surface area contributed by atoms with Crippen molar-refractivity contribution in [3.8, 4) is 5.75 Å². The molecule has 30 heavy (non-hydrogen) atoms. The van der Waals surface area contributed by atoms with E-state index in [1.165, 1.54) is 10.4 Å². The van der Waals surface area contributed by atoms with Crippen LogP contribution in [0.2, 0.25) is 10.0 Å². The number of halogens is 3. The number of benzene rings is 2. The van der Waals surface area contributed by atoms with Crippen LogP contribution in [-0.2, 0) is 21.2 Å². The predicted molar refractivity (Wildman–Crippen MR) is 111 cm³/mol. The largest absolute Gasteiger partial charge is 0.492 e. The molecule has 2 heterocycles. The van der Waals surface area contributed by atoms with Gasteiger partial charge >= 0.3 is 0 Å². The fourth-order valence-electron chi connectivity index (χ4n) is 3.72.